The highest BCUT2D eigenvalue weighted by molar-refractivity contribution is 5.51. The largest absolute Gasteiger partial charge is 0.382 e. The van der Waals surface area contributed by atoms with Gasteiger partial charge in [0, 0.05) is 12.4 Å². The van der Waals surface area contributed by atoms with Crippen LogP contribution in [0.3, 0.4) is 0 Å². The van der Waals surface area contributed by atoms with Crippen LogP contribution in [0.15, 0.2) is 37.3 Å². The van der Waals surface area contributed by atoms with Crippen molar-refractivity contribution >= 4 is 5.82 Å². The lowest BCUT2D eigenvalue weighted by molar-refractivity contribution is 0.795. The SMILES string of the molecule is Nc1nc(-n2cncn2)ncc1-n1cccn1. The van der Waals surface area contributed by atoms with E-state index in [0.29, 0.717) is 17.5 Å². The Kier molecular flexibility index (Phi) is 2.04. The number of nitrogens with two attached hydrogens (primary N) is 1. The first-order valence-corrected chi connectivity index (χ1v) is 4.82. The molecule has 3 aromatic heterocycles. The molecule has 0 radical (unpaired) electrons. The summed E-state index contributed by atoms with van der Waals surface area (Å²) >= 11 is 0. The van der Waals surface area contributed by atoms with Gasteiger partial charge in [0.05, 0.1) is 6.20 Å². The molecule has 3 heterocycles. The second kappa shape index (κ2) is 3.67. The Hall–Kier alpha value is -2.77. The van der Waals surface area contributed by atoms with Crippen molar-refractivity contribution in [3.8, 4) is 11.6 Å². The number of anilines is 1. The van der Waals surface area contributed by atoms with Crippen LogP contribution < -0.4 is 5.73 Å². The van der Waals surface area contributed by atoms with Crippen molar-refractivity contribution < 1.29 is 0 Å². The van der Waals surface area contributed by atoms with Crippen LogP contribution in [0.2, 0.25) is 0 Å². The normalized spacial score (nSPS) is 10.6. The molecule has 0 aromatic carbocycles. The van der Waals surface area contributed by atoms with E-state index in [2.05, 4.69) is 25.1 Å². The lowest BCUT2D eigenvalue weighted by Gasteiger charge is -2.05. The third kappa shape index (κ3) is 1.61. The van der Waals surface area contributed by atoms with E-state index in [4.69, 9.17) is 5.73 Å². The Morgan fingerprint density at radius 2 is 2.12 bits per heavy atom. The second-order valence-electron chi connectivity index (χ2n) is 3.23. The maximum Gasteiger partial charge on any atom is 0.254 e. The number of hydrogen-bond acceptors (Lipinski definition) is 6. The van der Waals surface area contributed by atoms with E-state index < -0.39 is 0 Å². The Balaban J connectivity index is 2.06. The number of nitrogens with zero attached hydrogens (tertiary/aromatic N) is 7. The first kappa shape index (κ1) is 9.46. The summed E-state index contributed by atoms with van der Waals surface area (Å²) in [5.41, 5.74) is 6.47. The van der Waals surface area contributed by atoms with Crippen LogP contribution in [-0.2, 0) is 0 Å². The highest BCUT2D eigenvalue weighted by Crippen LogP contribution is 2.13. The topological polar surface area (TPSA) is 100 Å². The molecule has 8 nitrogen and oxygen atoms in total. The molecule has 0 atom stereocenters. The Morgan fingerprint density at radius 1 is 1.18 bits per heavy atom. The van der Waals surface area contributed by atoms with Crippen LogP contribution in [-0.4, -0.2) is 34.5 Å². The molecule has 0 aliphatic rings. The molecule has 3 rings (SSSR count). The molecule has 0 aliphatic carbocycles. The van der Waals surface area contributed by atoms with Gasteiger partial charge in [0.2, 0.25) is 0 Å². The summed E-state index contributed by atoms with van der Waals surface area (Å²) in [6.07, 6.45) is 7.92. The van der Waals surface area contributed by atoms with Crippen LogP contribution >= 0.6 is 0 Å². The molecule has 0 amide bonds. The van der Waals surface area contributed by atoms with Gasteiger partial charge >= 0.3 is 0 Å². The first-order valence-electron chi connectivity index (χ1n) is 4.82. The molecule has 3 aromatic rings. The molecule has 0 saturated heterocycles. The van der Waals surface area contributed by atoms with Gasteiger partial charge < -0.3 is 5.73 Å². The zero-order valence-corrected chi connectivity index (χ0v) is 8.67. The molecule has 0 unspecified atom stereocenters. The van der Waals surface area contributed by atoms with Crippen LogP contribution in [0.4, 0.5) is 5.82 Å². The van der Waals surface area contributed by atoms with E-state index in [1.807, 2.05) is 0 Å². The van der Waals surface area contributed by atoms with Gasteiger partial charge in [-0.1, -0.05) is 0 Å². The average molecular weight is 228 g/mol. The molecular weight excluding hydrogens is 220 g/mol. The third-order valence-corrected chi connectivity index (χ3v) is 2.16. The Morgan fingerprint density at radius 3 is 2.76 bits per heavy atom. The minimum absolute atomic E-state index is 0.328. The molecule has 0 spiro atoms. The second-order valence-corrected chi connectivity index (χ2v) is 3.23. The lowest BCUT2D eigenvalue weighted by atomic mass is 10.5. The zero-order chi connectivity index (χ0) is 11.7. The fraction of sp³-hybridized carbons (Fsp3) is 0. The molecule has 0 fully saturated rings. The summed E-state index contributed by atoms with van der Waals surface area (Å²) in [4.78, 5) is 12.1. The molecular formula is C9H8N8. The van der Waals surface area contributed by atoms with E-state index in [1.54, 1.807) is 29.3 Å². The summed E-state index contributed by atoms with van der Waals surface area (Å²) in [7, 11) is 0. The quantitative estimate of drug-likeness (QED) is 0.653. The van der Waals surface area contributed by atoms with Gasteiger partial charge in [-0.15, -0.1) is 0 Å². The van der Waals surface area contributed by atoms with E-state index >= 15 is 0 Å². The minimum Gasteiger partial charge on any atom is -0.382 e. The maximum absolute atomic E-state index is 5.85. The highest BCUT2D eigenvalue weighted by Gasteiger charge is 2.07. The number of nitrogen functional groups attached to an aromatic ring is 1. The van der Waals surface area contributed by atoms with E-state index in [-0.39, 0.29) is 0 Å². The fourth-order valence-electron chi connectivity index (χ4n) is 1.39. The molecule has 0 saturated carbocycles. The third-order valence-electron chi connectivity index (χ3n) is 2.16. The zero-order valence-electron chi connectivity index (χ0n) is 8.67. The molecule has 0 bridgehead atoms. The van der Waals surface area contributed by atoms with Crippen molar-refractivity contribution in [3.63, 3.8) is 0 Å². The number of hydrogen-bond donors (Lipinski definition) is 1. The molecule has 2 N–H and O–H groups in total. The standard InChI is InChI=1S/C9H8N8/c10-8-7(16-3-1-2-13-16)4-12-9(15-8)17-6-11-5-14-17/h1-6H,(H2,10,12,15). The van der Waals surface area contributed by atoms with E-state index in [9.17, 15) is 0 Å². The van der Waals surface area contributed by atoms with Gasteiger partial charge in [-0.05, 0) is 6.07 Å². The molecule has 84 valence electrons. The summed E-state index contributed by atoms with van der Waals surface area (Å²) in [5, 5.41) is 7.98. The van der Waals surface area contributed by atoms with Crippen LogP contribution in [0, 0.1) is 0 Å². The smallest absolute Gasteiger partial charge is 0.254 e. The Bertz CT molecular complexity index is 613. The maximum atomic E-state index is 5.85. The van der Waals surface area contributed by atoms with Gasteiger partial charge in [-0.3, -0.25) is 0 Å². The highest BCUT2D eigenvalue weighted by atomic mass is 15.4. The van der Waals surface area contributed by atoms with Gasteiger partial charge in [0.1, 0.15) is 18.3 Å². The van der Waals surface area contributed by atoms with Gasteiger partial charge in [-0.2, -0.15) is 19.9 Å². The van der Waals surface area contributed by atoms with Gasteiger partial charge in [0.15, 0.2) is 5.82 Å². The predicted molar refractivity (Wildman–Crippen MR) is 58.5 cm³/mol. The fourth-order valence-corrected chi connectivity index (χ4v) is 1.39. The number of rotatable bonds is 2. The molecule has 8 heteroatoms. The lowest BCUT2D eigenvalue weighted by Crippen LogP contribution is -2.08. The van der Waals surface area contributed by atoms with Gasteiger partial charge in [0.25, 0.3) is 5.95 Å². The monoisotopic (exact) mass is 228 g/mol. The Labute approximate surface area is 95.8 Å². The van der Waals surface area contributed by atoms with E-state index in [0.717, 1.165) is 0 Å². The predicted octanol–water partition coefficient (Wildman–Crippen LogP) is -0.175. The summed E-state index contributed by atoms with van der Waals surface area (Å²) < 4.78 is 3.03. The minimum atomic E-state index is 0.328. The molecule has 17 heavy (non-hydrogen) atoms. The molecule has 0 aliphatic heterocycles. The van der Waals surface area contributed by atoms with Crippen molar-refractivity contribution in [2.24, 2.45) is 0 Å². The average Bonchev–Trinajstić information content (AvgIpc) is 3.02. The van der Waals surface area contributed by atoms with Crippen LogP contribution in [0.1, 0.15) is 0 Å². The number of aromatic nitrogens is 7. The van der Waals surface area contributed by atoms with Crippen molar-refractivity contribution in [3.05, 3.63) is 37.3 Å². The van der Waals surface area contributed by atoms with Crippen LogP contribution in [0.5, 0.6) is 0 Å². The van der Waals surface area contributed by atoms with Crippen molar-refractivity contribution in [2.45, 2.75) is 0 Å². The van der Waals surface area contributed by atoms with Crippen molar-refractivity contribution in [1.29, 1.82) is 0 Å². The van der Waals surface area contributed by atoms with Crippen molar-refractivity contribution in [2.75, 3.05) is 5.73 Å². The summed E-state index contributed by atoms with van der Waals surface area (Å²) in [6.45, 7) is 0. The van der Waals surface area contributed by atoms with E-state index in [1.165, 1.54) is 17.3 Å². The van der Waals surface area contributed by atoms with Crippen molar-refractivity contribution in [1.82, 2.24) is 34.5 Å². The first-order chi connectivity index (χ1) is 8.34. The van der Waals surface area contributed by atoms with Gasteiger partial charge in [-0.25, -0.2) is 14.6 Å². The summed E-state index contributed by atoms with van der Waals surface area (Å²) in [5.74, 6) is 0.699. The summed E-state index contributed by atoms with van der Waals surface area (Å²) in [6, 6.07) is 1.80. The van der Waals surface area contributed by atoms with Crippen LogP contribution in [0.25, 0.3) is 11.6 Å².